The quantitative estimate of drug-likeness (QED) is 0.584. The molecule has 0 saturated carbocycles. The fourth-order valence-corrected chi connectivity index (χ4v) is 2.87. The van der Waals surface area contributed by atoms with Gasteiger partial charge in [0.1, 0.15) is 0 Å². The van der Waals surface area contributed by atoms with Crippen LogP contribution in [0.1, 0.15) is 13.3 Å². The molecule has 70 valence electrons. The average Bonchev–Trinajstić information content (AvgIpc) is 2.63. The van der Waals surface area contributed by atoms with Crippen molar-refractivity contribution in [2.24, 2.45) is 0 Å². The monoisotopic (exact) mass is 197 g/mol. The molecule has 0 aliphatic carbocycles. The number of carbonyl (C=O) groups excluding carboxylic acids is 2. The summed E-state index contributed by atoms with van der Waals surface area (Å²) in [5.41, 5.74) is 0.571. The highest BCUT2D eigenvalue weighted by Crippen LogP contribution is 2.26. The average molecular weight is 197 g/mol. The van der Waals surface area contributed by atoms with E-state index in [0.717, 1.165) is 17.9 Å². The van der Waals surface area contributed by atoms with Crippen molar-refractivity contribution in [3.05, 3.63) is 11.6 Å². The molecular weight excluding hydrogens is 186 g/mol. The molecule has 0 aromatic carbocycles. The number of rotatable bonds is 1. The summed E-state index contributed by atoms with van der Waals surface area (Å²) >= 11 is 1.81. The first-order valence-electron chi connectivity index (χ1n) is 4.33. The standard InChI is InChI=1S/C9H11NO2S/c1-6-4-8(11)10(9(6)12)7-2-3-13-5-7/h4,7H,2-3,5H2,1H3. The van der Waals surface area contributed by atoms with E-state index in [0.29, 0.717) is 5.57 Å². The Morgan fingerprint density at radius 2 is 2.31 bits per heavy atom. The van der Waals surface area contributed by atoms with Crippen molar-refractivity contribution in [1.29, 1.82) is 0 Å². The van der Waals surface area contributed by atoms with E-state index < -0.39 is 0 Å². The third kappa shape index (κ3) is 1.39. The molecule has 0 N–H and O–H groups in total. The van der Waals surface area contributed by atoms with E-state index in [4.69, 9.17) is 0 Å². The van der Waals surface area contributed by atoms with Gasteiger partial charge in [0.25, 0.3) is 11.8 Å². The van der Waals surface area contributed by atoms with Gasteiger partial charge in [-0.15, -0.1) is 0 Å². The summed E-state index contributed by atoms with van der Waals surface area (Å²) in [6, 6.07) is 0.138. The van der Waals surface area contributed by atoms with Crippen LogP contribution < -0.4 is 0 Å². The first-order chi connectivity index (χ1) is 6.20. The Bertz CT molecular complexity index is 292. The highest BCUT2D eigenvalue weighted by Gasteiger charge is 2.35. The van der Waals surface area contributed by atoms with Gasteiger partial charge in [0, 0.05) is 17.4 Å². The summed E-state index contributed by atoms with van der Waals surface area (Å²) in [5, 5.41) is 0. The second-order valence-electron chi connectivity index (χ2n) is 3.36. The minimum absolute atomic E-state index is 0.0995. The highest BCUT2D eigenvalue weighted by atomic mass is 32.2. The summed E-state index contributed by atoms with van der Waals surface area (Å²) in [6.45, 7) is 1.70. The maximum Gasteiger partial charge on any atom is 0.256 e. The lowest BCUT2D eigenvalue weighted by Crippen LogP contribution is -2.40. The highest BCUT2D eigenvalue weighted by molar-refractivity contribution is 7.99. The first-order valence-corrected chi connectivity index (χ1v) is 5.49. The second-order valence-corrected chi connectivity index (χ2v) is 4.51. The van der Waals surface area contributed by atoms with Crippen molar-refractivity contribution in [3.63, 3.8) is 0 Å². The lowest BCUT2D eigenvalue weighted by Gasteiger charge is -2.20. The van der Waals surface area contributed by atoms with Gasteiger partial charge in [-0.2, -0.15) is 11.8 Å². The van der Waals surface area contributed by atoms with Gasteiger partial charge in [0.15, 0.2) is 0 Å². The third-order valence-electron chi connectivity index (χ3n) is 2.40. The minimum Gasteiger partial charge on any atom is -0.271 e. The van der Waals surface area contributed by atoms with Gasteiger partial charge in [0.05, 0.1) is 6.04 Å². The lowest BCUT2D eigenvalue weighted by atomic mass is 10.2. The molecule has 1 atom stereocenters. The largest absolute Gasteiger partial charge is 0.271 e. The third-order valence-corrected chi connectivity index (χ3v) is 3.55. The molecule has 0 spiro atoms. The van der Waals surface area contributed by atoms with Crippen LogP contribution in [0.2, 0.25) is 0 Å². The van der Waals surface area contributed by atoms with Crippen LogP contribution in [0.3, 0.4) is 0 Å². The molecule has 13 heavy (non-hydrogen) atoms. The molecule has 0 bridgehead atoms. The normalized spacial score (nSPS) is 28.5. The van der Waals surface area contributed by atoms with Crippen LogP contribution in [0.25, 0.3) is 0 Å². The van der Waals surface area contributed by atoms with Crippen molar-refractivity contribution in [1.82, 2.24) is 4.90 Å². The fourth-order valence-electron chi connectivity index (χ4n) is 1.68. The fraction of sp³-hybridized carbons (Fsp3) is 0.556. The Morgan fingerprint density at radius 1 is 1.54 bits per heavy atom. The van der Waals surface area contributed by atoms with E-state index in [1.807, 2.05) is 0 Å². The van der Waals surface area contributed by atoms with E-state index in [2.05, 4.69) is 0 Å². The van der Waals surface area contributed by atoms with Crippen molar-refractivity contribution in [2.75, 3.05) is 11.5 Å². The Labute approximate surface area is 81.2 Å². The van der Waals surface area contributed by atoms with E-state index >= 15 is 0 Å². The number of carbonyl (C=O) groups is 2. The number of thioether (sulfide) groups is 1. The molecular formula is C9H11NO2S. The van der Waals surface area contributed by atoms with Crippen LogP contribution in [0, 0.1) is 0 Å². The SMILES string of the molecule is CC1=CC(=O)N(C2CCSC2)C1=O. The van der Waals surface area contributed by atoms with Gasteiger partial charge >= 0.3 is 0 Å². The molecule has 2 aliphatic rings. The first kappa shape index (κ1) is 8.81. The number of imide groups is 1. The molecule has 1 saturated heterocycles. The molecule has 2 amide bonds. The van der Waals surface area contributed by atoms with E-state index in [1.165, 1.54) is 11.0 Å². The van der Waals surface area contributed by atoms with Crippen LogP contribution in [0.4, 0.5) is 0 Å². The maximum atomic E-state index is 11.5. The van der Waals surface area contributed by atoms with E-state index in [9.17, 15) is 9.59 Å². The molecule has 3 nitrogen and oxygen atoms in total. The Balaban J connectivity index is 2.17. The molecule has 0 radical (unpaired) electrons. The van der Waals surface area contributed by atoms with Gasteiger partial charge in [-0.1, -0.05) is 0 Å². The molecule has 2 aliphatic heterocycles. The molecule has 1 unspecified atom stereocenters. The molecule has 0 aromatic heterocycles. The topological polar surface area (TPSA) is 37.4 Å². The Kier molecular flexibility index (Phi) is 2.15. The summed E-state index contributed by atoms with van der Waals surface area (Å²) in [6.07, 6.45) is 2.38. The maximum absolute atomic E-state index is 11.5. The molecule has 2 heterocycles. The summed E-state index contributed by atoms with van der Waals surface area (Å²) in [5.74, 6) is 1.73. The number of hydrogen-bond acceptors (Lipinski definition) is 3. The van der Waals surface area contributed by atoms with E-state index in [-0.39, 0.29) is 17.9 Å². The number of nitrogens with zero attached hydrogens (tertiary/aromatic N) is 1. The predicted octanol–water partition coefficient (Wildman–Crippen LogP) is 0.807. The molecule has 0 aromatic rings. The van der Waals surface area contributed by atoms with Crippen LogP contribution in [-0.2, 0) is 9.59 Å². The van der Waals surface area contributed by atoms with Crippen molar-refractivity contribution < 1.29 is 9.59 Å². The van der Waals surface area contributed by atoms with E-state index in [1.54, 1.807) is 18.7 Å². The molecule has 1 fully saturated rings. The number of amides is 2. The van der Waals surface area contributed by atoms with Gasteiger partial charge in [-0.3, -0.25) is 14.5 Å². The smallest absolute Gasteiger partial charge is 0.256 e. The minimum atomic E-state index is -0.130. The summed E-state index contributed by atoms with van der Waals surface area (Å²) < 4.78 is 0. The van der Waals surface area contributed by atoms with Crippen molar-refractivity contribution >= 4 is 23.6 Å². The Morgan fingerprint density at radius 3 is 2.77 bits per heavy atom. The van der Waals surface area contributed by atoms with Gasteiger partial charge in [-0.25, -0.2) is 0 Å². The molecule has 2 rings (SSSR count). The summed E-state index contributed by atoms with van der Waals surface area (Å²) in [7, 11) is 0. The lowest BCUT2D eigenvalue weighted by molar-refractivity contribution is -0.139. The predicted molar refractivity (Wildman–Crippen MR) is 51.3 cm³/mol. The van der Waals surface area contributed by atoms with Crippen molar-refractivity contribution in [2.45, 2.75) is 19.4 Å². The number of hydrogen-bond donors (Lipinski definition) is 0. The zero-order chi connectivity index (χ0) is 9.42. The zero-order valence-corrected chi connectivity index (χ0v) is 8.26. The van der Waals surface area contributed by atoms with Crippen LogP contribution in [0.5, 0.6) is 0 Å². The van der Waals surface area contributed by atoms with Gasteiger partial charge in [-0.05, 0) is 19.1 Å². The second kappa shape index (κ2) is 3.18. The van der Waals surface area contributed by atoms with Crippen LogP contribution >= 0.6 is 11.8 Å². The summed E-state index contributed by atoms with van der Waals surface area (Å²) in [4.78, 5) is 24.3. The van der Waals surface area contributed by atoms with Crippen LogP contribution in [-0.4, -0.2) is 34.3 Å². The van der Waals surface area contributed by atoms with Crippen molar-refractivity contribution in [3.8, 4) is 0 Å². The molecule has 4 heteroatoms. The van der Waals surface area contributed by atoms with Gasteiger partial charge < -0.3 is 0 Å². The Hall–Kier alpha value is -0.770. The zero-order valence-electron chi connectivity index (χ0n) is 7.45. The van der Waals surface area contributed by atoms with Crippen LogP contribution in [0.15, 0.2) is 11.6 Å². The van der Waals surface area contributed by atoms with Gasteiger partial charge in [0.2, 0.25) is 0 Å².